The van der Waals surface area contributed by atoms with Crippen molar-refractivity contribution in [1.29, 1.82) is 0 Å². The Bertz CT molecular complexity index is 245. The fourth-order valence-electron chi connectivity index (χ4n) is 1.02. The zero-order chi connectivity index (χ0) is 9.68. The standard InChI is InChI=1S/C10H17NS2/c1-4-8(3)9-6-13-10(11-9)7-12-5-2/h6,8H,4-5,7H2,1-3H3. The van der Waals surface area contributed by atoms with E-state index >= 15 is 0 Å². The molecule has 1 rings (SSSR count). The molecule has 0 fully saturated rings. The first-order chi connectivity index (χ1) is 6.27. The van der Waals surface area contributed by atoms with E-state index in [1.807, 2.05) is 11.8 Å². The van der Waals surface area contributed by atoms with Crippen LogP contribution in [0, 0.1) is 0 Å². The Kier molecular flexibility index (Phi) is 4.81. The number of aromatic nitrogens is 1. The van der Waals surface area contributed by atoms with Gasteiger partial charge >= 0.3 is 0 Å². The van der Waals surface area contributed by atoms with E-state index in [1.54, 1.807) is 11.3 Å². The van der Waals surface area contributed by atoms with Gasteiger partial charge in [0.1, 0.15) is 5.01 Å². The lowest BCUT2D eigenvalue weighted by atomic mass is 10.1. The van der Waals surface area contributed by atoms with Crippen molar-refractivity contribution in [2.45, 2.75) is 38.9 Å². The van der Waals surface area contributed by atoms with Crippen molar-refractivity contribution in [2.75, 3.05) is 5.75 Å². The predicted octanol–water partition coefficient (Wildman–Crippen LogP) is 3.91. The van der Waals surface area contributed by atoms with E-state index in [0.717, 1.165) is 5.75 Å². The monoisotopic (exact) mass is 215 g/mol. The van der Waals surface area contributed by atoms with Crippen molar-refractivity contribution in [3.05, 3.63) is 16.1 Å². The third-order valence-electron chi connectivity index (χ3n) is 2.12. The van der Waals surface area contributed by atoms with Crippen LogP contribution in [-0.2, 0) is 5.75 Å². The number of thioether (sulfide) groups is 1. The Balaban J connectivity index is 2.53. The van der Waals surface area contributed by atoms with Crippen LogP contribution in [0.4, 0.5) is 0 Å². The molecule has 1 aromatic heterocycles. The van der Waals surface area contributed by atoms with Crippen molar-refractivity contribution in [3.8, 4) is 0 Å². The summed E-state index contributed by atoms with van der Waals surface area (Å²) in [4.78, 5) is 4.62. The van der Waals surface area contributed by atoms with Crippen LogP contribution in [0.15, 0.2) is 5.38 Å². The Labute approximate surface area is 89.0 Å². The number of rotatable bonds is 5. The molecule has 1 aromatic rings. The van der Waals surface area contributed by atoms with Gasteiger partial charge in [0, 0.05) is 11.1 Å². The molecule has 0 saturated carbocycles. The number of hydrogen-bond donors (Lipinski definition) is 0. The van der Waals surface area contributed by atoms with E-state index in [1.165, 1.54) is 22.9 Å². The summed E-state index contributed by atoms with van der Waals surface area (Å²) in [6.07, 6.45) is 1.18. The van der Waals surface area contributed by atoms with Crippen LogP contribution in [0.5, 0.6) is 0 Å². The highest BCUT2D eigenvalue weighted by molar-refractivity contribution is 7.98. The summed E-state index contributed by atoms with van der Waals surface area (Å²) < 4.78 is 0. The maximum absolute atomic E-state index is 4.62. The molecule has 0 saturated heterocycles. The average molecular weight is 215 g/mol. The predicted molar refractivity (Wildman–Crippen MR) is 62.7 cm³/mol. The lowest BCUT2D eigenvalue weighted by Gasteiger charge is -2.02. The van der Waals surface area contributed by atoms with Gasteiger partial charge in [0.05, 0.1) is 5.69 Å². The van der Waals surface area contributed by atoms with Gasteiger partial charge in [0.2, 0.25) is 0 Å². The molecular formula is C10H17NS2. The number of nitrogens with zero attached hydrogens (tertiary/aromatic N) is 1. The number of hydrogen-bond acceptors (Lipinski definition) is 3. The highest BCUT2D eigenvalue weighted by Gasteiger charge is 2.07. The normalized spacial score (nSPS) is 13.2. The molecule has 0 radical (unpaired) electrons. The smallest absolute Gasteiger partial charge is 0.103 e. The maximum atomic E-state index is 4.62. The molecule has 0 aliphatic heterocycles. The van der Waals surface area contributed by atoms with Crippen LogP contribution >= 0.6 is 23.1 Å². The zero-order valence-corrected chi connectivity index (χ0v) is 10.2. The molecule has 0 spiro atoms. The summed E-state index contributed by atoms with van der Waals surface area (Å²) in [5, 5.41) is 3.49. The molecule has 0 amide bonds. The second kappa shape index (κ2) is 5.66. The summed E-state index contributed by atoms with van der Waals surface area (Å²) in [7, 11) is 0. The highest BCUT2D eigenvalue weighted by atomic mass is 32.2. The topological polar surface area (TPSA) is 12.9 Å². The van der Waals surface area contributed by atoms with Gasteiger partial charge in [-0.3, -0.25) is 0 Å². The van der Waals surface area contributed by atoms with Crippen molar-refractivity contribution >= 4 is 23.1 Å². The fraction of sp³-hybridized carbons (Fsp3) is 0.700. The average Bonchev–Trinajstić information content (AvgIpc) is 2.62. The second-order valence-electron chi connectivity index (χ2n) is 3.11. The Morgan fingerprint density at radius 3 is 2.92 bits per heavy atom. The first-order valence-corrected chi connectivity index (χ1v) is 6.83. The third-order valence-corrected chi connectivity index (χ3v) is 4.05. The molecule has 1 nitrogen and oxygen atoms in total. The minimum atomic E-state index is 0.622. The summed E-state index contributed by atoms with van der Waals surface area (Å²) in [6.45, 7) is 6.64. The summed E-state index contributed by atoms with van der Waals surface area (Å²) in [5.41, 5.74) is 1.28. The molecular weight excluding hydrogens is 198 g/mol. The van der Waals surface area contributed by atoms with E-state index in [2.05, 4.69) is 31.1 Å². The van der Waals surface area contributed by atoms with E-state index in [9.17, 15) is 0 Å². The molecule has 0 aromatic carbocycles. The van der Waals surface area contributed by atoms with E-state index in [4.69, 9.17) is 0 Å². The maximum Gasteiger partial charge on any atom is 0.103 e. The molecule has 74 valence electrons. The van der Waals surface area contributed by atoms with Crippen molar-refractivity contribution in [1.82, 2.24) is 4.98 Å². The van der Waals surface area contributed by atoms with Crippen LogP contribution in [0.1, 0.15) is 43.8 Å². The lowest BCUT2D eigenvalue weighted by Crippen LogP contribution is -1.91. The largest absolute Gasteiger partial charge is 0.245 e. The summed E-state index contributed by atoms with van der Waals surface area (Å²) >= 11 is 3.74. The van der Waals surface area contributed by atoms with Crippen LogP contribution in [-0.4, -0.2) is 10.7 Å². The van der Waals surface area contributed by atoms with Gasteiger partial charge in [0.25, 0.3) is 0 Å². The van der Waals surface area contributed by atoms with Gasteiger partial charge in [-0.15, -0.1) is 11.3 Å². The Morgan fingerprint density at radius 1 is 1.54 bits per heavy atom. The summed E-state index contributed by atoms with van der Waals surface area (Å²) in [6, 6.07) is 0. The highest BCUT2D eigenvalue weighted by Crippen LogP contribution is 2.23. The van der Waals surface area contributed by atoms with Gasteiger partial charge in [0.15, 0.2) is 0 Å². The molecule has 13 heavy (non-hydrogen) atoms. The van der Waals surface area contributed by atoms with E-state index in [-0.39, 0.29) is 0 Å². The zero-order valence-electron chi connectivity index (χ0n) is 8.54. The first-order valence-electron chi connectivity index (χ1n) is 4.80. The third kappa shape index (κ3) is 3.31. The van der Waals surface area contributed by atoms with Gasteiger partial charge < -0.3 is 0 Å². The van der Waals surface area contributed by atoms with Gasteiger partial charge in [-0.2, -0.15) is 11.8 Å². The molecule has 3 heteroatoms. The van der Waals surface area contributed by atoms with Gasteiger partial charge in [-0.25, -0.2) is 4.98 Å². The molecule has 0 aliphatic rings. The number of thiazole rings is 1. The van der Waals surface area contributed by atoms with Crippen molar-refractivity contribution in [3.63, 3.8) is 0 Å². The minimum Gasteiger partial charge on any atom is -0.245 e. The Morgan fingerprint density at radius 2 is 2.31 bits per heavy atom. The molecule has 0 bridgehead atoms. The van der Waals surface area contributed by atoms with Crippen LogP contribution in [0.2, 0.25) is 0 Å². The molecule has 1 heterocycles. The molecule has 0 N–H and O–H groups in total. The molecule has 0 aliphatic carbocycles. The molecule has 1 atom stereocenters. The fourth-order valence-corrected chi connectivity index (χ4v) is 2.68. The SMILES string of the molecule is CCSCc1nc(C(C)CC)cs1. The van der Waals surface area contributed by atoms with Crippen molar-refractivity contribution < 1.29 is 0 Å². The van der Waals surface area contributed by atoms with Crippen LogP contribution in [0.25, 0.3) is 0 Å². The second-order valence-corrected chi connectivity index (χ2v) is 5.33. The van der Waals surface area contributed by atoms with Gasteiger partial charge in [-0.05, 0) is 18.1 Å². The van der Waals surface area contributed by atoms with Crippen LogP contribution < -0.4 is 0 Å². The minimum absolute atomic E-state index is 0.622. The van der Waals surface area contributed by atoms with Crippen LogP contribution in [0.3, 0.4) is 0 Å². The molecule has 1 unspecified atom stereocenters. The van der Waals surface area contributed by atoms with Crippen molar-refractivity contribution in [2.24, 2.45) is 0 Å². The Hall–Kier alpha value is -0.0200. The first kappa shape index (κ1) is 11.1. The quantitative estimate of drug-likeness (QED) is 0.738. The van der Waals surface area contributed by atoms with Gasteiger partial charge in [-0.1, -0.05) is 20.8 Å². The van der Waals surface area contributed by atoms with E-state index < -0.39 is 0 Å². The van der Waals surface area contributed by atoms with E-state index in [0.29, 0.717) is 5.92 Å². The lowest BCUT2D eigenvalue weighted by molar-refractivity contribution is 0.711. The summed E-state index contributed by atoms with van der Waals surface area (Å²) in [5.74, 6) is 2.88.